The van der Waals surface area contributed by atoms with Crippen LogP contribution in [-0.4, -0.2) is 23.8 Å². The van der Waals surface area contributed by atoms with Gasteiger partial charge in [0.1, 0.15) is 0 Å². The lowest BCUT2D eigenvalue weighted by atomic mass is 9.89. The largest absolute Gasteiger partial charge is 0.392 e. The molecule has 0 aromatic heterocycles. The predicted molar refractivity (Wildman–Crippen MR) is 60.3 cm³/mol. The molecule has 84 valence electrons. The summed E-state index contributed by atoms with van der Waals surface area (Å²) in [4.78, 5) is 0. The van der Waals surface area contributed by atoms with Crippen molar-refractivity contribution in [3.63, 3.8) is 0 Å². The number of aliphatic hydroxyl groups is 1. The Kier molecular flexibility index (Phi) is 5.49. The monoisotopic (exact) mass is 199 g/mol. The molecule has 1 saturated heterocycles. The Hall–Kier alpha value is -0.0800. The standard InChI is InChI=1S/C12H25NO/c1-3-4-5-6-12(14)11-9-10(2)7-8-13-11/h10-14H,3-9H2,1-2H3. The average molecular weight is 199 g/mol. The van der Waals surface area contributed by atoms with Crippen molar-refractivity contribution < 1.29 is 5.11 Å². The van der Waals surface area contributed by atoms with E-state index >= 15 is 0 Å². The Morgan fingerprint density at radius 2 is 2.21 bits per heavy atom. The summed E-state index contributed by atoms with van der Waals surface area (Å²) >= 11 is 0. The van der Waals surface area contributed by atoms with Crippen molar-refractivity contribution in [1.29, 1.82) is 0 Å². The smallest absolute Gasteiger partial charge is 0.0693 e. The highest BCUT2D eigenvalue weighted by Gasteiger charge is 2.23. The van der Waals surface area contributed by atoms with E-state index in [1.807, 2.05) is 0 Å². The molecule has 0 spiro atoms. The van der Waals surface area contributed by atoms with Crippen LogP contribution < -0.4 is 5.32 Å². The van der Waals surface area contributed by atoms with E-state index in [0.29, 0.717) is 6.04 Å². The van der Waals surface area contributed by atoms with Crippen LogP contribution in [0.3, 0.4) is 0 Å². The van der Waals surface area contributed by atoms with Crippen molar-refractivity contribution in [1.82, 2.24) is 5.32 Å². The molecule has 1 rings (SSSR count). The molecule has 1 aliphatic rings. The van der Waals surface area contributed by atoms with Gasteiger partial charge in [0.25, 0.3) is 0 Å². The van der Waals surface area contributed by atoms with E-state index in [4.69, 9.17) is 0 Å². The van der Waals surface area contributed by atoms with Crippen molar-refractivity contribution in [2.24, 2.45) is 5.92 Å². The third-order valence-corrected chi connectivity index (χ3v) is 3.27. The minimum atomic E-state index is -0.121. The highest BCUT2D eigenvalue weighted by molar-refractivity contribution is 4.82. The fourth-order valence-electron chi connectivity index (χ4n) is 2.25. The first-order valence-electron chi connectivity index (χ1n) is 6.15. The molecule has 0 amide bonds. The van der Waals surface area contributed by atoms with Gasteiger partial charge in [-0.1, -0.05) is 33.1 Å². The fraction of sp³-hybridized carbons (Fsp3) is 1.00. The second kappa shape index (κ2) is 6.41. The minimum Gasteiger partial charge on any atom is -0.392 e. The van der Waals surface area contributed by atoms with Gasteiger partial charge in [-0.2, -0.15) is 0 Å². The normalized spacial score (nSPS) is 30.2. The summed E-state index contributed by atoms with van der Waals surface area (Å²) in [5.41, 5.74) is 0. The third kappa shape index (κ3) is 3.97. The predicted octanol–water partition coefficient (Wildman–Crippen LogP) is 2.32. The number of piperidine rings is 1. The Bertz CT molecular complexity index is 149. The highest BCUT2D eigenvalue weighted by atomic mass is 16.3. The molecule has 0 saturated carbocycles. The van der Waals surface area contributed by atoms with E-state index in [1.54, 1.807) is 0 Å². The summed E-state index contributed by atoms with van der Waals surface area (Å²) in [6.45, 7) is 5.57. The number of rotatable bonds is 5. The second-order valence-electron chi connectivity index (χ2n) is 4.75. The first-order chi connectivity index (χ1) is 6.74. The van der Waals surface area contributed by atoms with Gasteiger partial charge in [0.2, 0.25) is 0 Å². The summed E-state index contributed by atoms with van der Waals surface area (Å²) in [6, 6.07) is 0.357. The van der Waals surface area contributed by atoms with Crippen molar-refractivity contribution >= 4 is 0 Å². The van der Waals surface area contributed by atoms with E-state index in [9.17, 15) is 5.11 Å². The molecule has 0 bridgehead atoms. The van der Waals surface area contributed by atoms with Gasteiger partial charge >= 0.3 is 0 Å². The summed E-state index contributed by atoms with van der Waals surface area (Å²) in [5.74, 6) is 0.780. The van der Waals surface area contributed by atoms with Crippen molar-refractivity contribution in [2.75, 3.05) is 6.54 Å². The molecule has 2 heteroatoms. The molecule has 1 heterocycles. The van der Waals surface area contributed by atoms with Gasteiger partial charge in [-0.25, -0.2) is 0 Å². The maximum Gasteiger partial charge on any atom is 0.0693 e. The van der Waals surface area contributed by atoms with Gasteiger partial charge in [0.15, 0.2) is 0 Å². The lowest BCUT2D eigenvalue weighted by Crippen LogP contribution is -2.45. The number of nitrogens with one attached hydrogen (secondary N) is 1. The molecule has 2 N–H and O–H groups in total. The molecule has 0 aromatic rings. The van der Waals surface area contributed by atoms with Gasteiger partial charge in [-0.3, -0.25) is 0 Å². The number of hydrogen-bond donors (Lipinski definition) is 2. The second-order valence-corrected chi connectivity index (χ2v) is 4.75. The summed E-state index contributed by atoms with van der Waals surface area (Å²) in [5, 5.41) is 13.4. The summed E-state index contributed by atoms with van der Waals surface area (Å²) < 4.78 is 0. The van der Waals surface area contributed by atoms with Crippen LogP contribution in [0.1, 0.15) is 52.4 Å². The fourth-order valence-corrected chi connectivity index (χ4v) is 2.25. The van der Waals surface area contributed by atoms with Crippen LogP contribution in [0.15, 0.2) is 0 Å². The molecule has 1 fully saturated rings. The van der Waals surface area contributed by atoms with E-state index in [0.717, 1.165) is 25.3 Å². The van der Waals surface area contributed by atoms with Crippen LogP contribution in [0, 0.1) is 5.92 Å². The van der Waals surface area contributed by atoms with Crippen LogP contribution in [0.5, 0.6) is 0 Å². The van der Waals surface area contributed by atoms with Crippen LogP contribution >= 0.6 is 0 Å². The van der Waals surface area contributed by atoms with Crippen LogP contribution in [0.2, 0.25) is 0 Å². The van der Waals surface area contributed by atoms with Crippen molar-refractivity contribution in [2.45, 2.75) is 64.5 Å². The maximum absolute atomic E-state index is 9.96. The Labute approximate surface area is 88.1 Å². The molecule has 1 aliphatic heterocycles. The minimum absolute atomic E-state index is 0.121. The number of unbranched alkanes of at least 4 members (excludes halogenated alkanes) is 2. The quantitative estimate of drug-likeness (QED) is 0.666. The SMILES string of the molecule is CCCCCC(O)C1CC(C)CCN1. The Morgan fingerprint density at radius 1 is 1.43 bits per heavy atom. The van der Waals surface area contributed by atoms with Gasteiger partial charge in [-0.15, -0.1) is 0 Å². The van der Waals surface area contributed by atoms with E-state index in [1.165, 1.54) is 25.7 Å². The highest BCUT2D eigenvalue weighted by Crippen LogP contribution is 2.19. The summed E-state index contributed by atoms with van der Waals surface area (Å²) in [7, 11) is 0. The van der Waals surface area contributed by atoms with Gasteiger partial charge in [0, 0.05) is 6.04 Å². The topological polar surface area (TPSA) is 32.3 Å². The number of hydrogen-bond acceptors (Lipinski definition) is 2. The van der Waals surface area contributed by atoms with Crippen molar-refractivity contribution in [3.8, 4) is 0 Å². The number of aliphatic hydroxyl groups excluding tert-OH is 1. The van der Waals surface area contributed by atoms with Crippen LogP contribution in [-0.2, 0) is 0 Å². The maximum atomic E-state index is 9.96. The average Bonchev–Trinajstić information content (AvgIpc) is 2.18. The molecular formula is C12H25NO. The summed E-state index contributed by atoms with van der Waals surface area (Å²) in [6.07, 6.45) is 6.92. The van der Waals surface area contributed by atoms with Gasteiger partial charge in [0.05, 0.1) is 6.10 Å². The van der Waals surface area contributed by atoms with Crippen LogP contribution in [0.4, 0.5) is 0 Å². The molecule has 2 nitrogen and oxygen atoms in total. The first-order valence-corrected chi connectivity index (χ1v) is 6.15. The first kappa shape index (κ1) is 12.0. The van der Waals surface area contributed by atoms with E-state index in [-0.39, 0.29) is 6.10 Å². The van der Waals surface area contributed by atoms with E-state index in [2.05, 4.69) is 19.2 Å². The molecule has 0 aliphatic carbocycles. The molecule has 0 radical (unpaired) electrons. The Balaban J connectivity index is 2.18. The molecule has 3 unspecified atom stereocenters. The lowest BCUT2D eigenvalue weighted by Gasteiger charge is -2.31. The zero-order chi connectivity index (χ0) is 10.4. The zero-order valence-corrected chi connectivity index (χ0v) is 9.63. The Morgan fingerprint density at radius 3 is 2.86 bits per heavy atom. The molecule has 0 aromatic carbocycles. The van der Waals surface area contributed by atoms with Gasteiger partial charge in [-0.05, 0) is 31.7 Å². The molecule has 3 atom stereocenters. The third-order valence-electron chi connectivity index (χ3n) is 3.27. The molecule has 14 heavy (non-hydrogen) atoms. The van der Waals surface area contributed by atoms with Crippen molar-refractivity contribution in [3.05, 3.63) is 0 Å². The van der Waals surface area contributed by atoms with Gasteiger partial charge < -0.3 is 10.4 Å². The zero-order valence-electron chi connectivity index (χ0n) is 9.63. The molecular weight excluding hydrogens is 174 g/mol. The van der Waals surface area contributed by atoms with Crippen LogP contribution in [0.25, 0.3) is 0 Å². The lowest BCUT2D eigenvalue weighted by molar-refractivity contribution is 0.0911. The van der Waals surface area contributed by atoms with E-state index < -0.39 is 0 Å².